The zero-order valence-corrected chi connectivity index (χ0v) is 15.3. The van der Waals surface area contributed by atoms with E-state index in [0.717, 1.165) is 27.7 Å². The number of nitrogens with two attached hydrogens (primary N) is 1. The normalized spacial score (nSPS) is 17.1. The lowest BCUT2D eigenvalue weighted by molar-refractivity contribution is 0.439. The second-order valence-corrected chi connectivity index (χ2v) is 7.39. The standard InChI is InChI=1S/C21H17ClFN3O/c1-10-7-12-15(25-10)5-6-17(21(12)23)27-18-9-14(22)11-3-2-4-16-20(11)13(18)8-19(24)26-16/h2-6,8-10,25-26H,7,24H2,1H3. The fourth-order valence-corrected chi connectivity index (χ4v) is 4.13. The minimum atomic E-state index is -0.341. The molecule has 2 aliphatic rings. The van der Waals surface area contributed by atoms with E-state index in [9.17, 15) is 0 Å². The maximum absolute atomic E-state index is 15.0. The summed E-state index contributed by atoms with van der Waals surface area (Å²) >= 11 is 6.48. The van der Waals surface area contributed by atoms with E-state index in [1.165, 1.54) is 0 Å². The Balaban J connectivity index is 1.67. The van der Waals surface area contributed by atoms with Crippen LogP contribution in [-0.2, 0) is 6.42 Å². The maximum atomic E-state index is 15.0. The van der Waals surface area contributed by atoms with Crippen molar-refractivity contribution in [3.05, 3.63) is 64.2 Å². The molecular formula is C21H17ClFN3O. The molecule has 6 heteroatoms. The van der Waals surface area contributed by atoms with E-state index in [1.54, 1.807) is 18.2 Å². The molecule has 1 unspecified atom stereocenters. The number of hydrogen-bond acceptors (Lipinski definition) is 4. The molecule has 0 amide bonds. The van der Waals surface area contributed by atoms with Crippen LogP contribution < -0.4 is 21.1 Å². The number of hydrogen-bond donors (Lipinski definition) is 3. The van der Waals surface area contributed by atoms with Gasteiger partial charge in [-0.15, -0.1) is 0 Å². The average Bonchev–Trinajstić information content (AvgIpc) is 3.02. The second kappa shape index (κ2) is 5.79. The lowest BCUT2D eigenvalue weighted by atomic mass is 9.99. The molecule has 0 saturated heterocycles. The Labute approximate surface area is 160 Å². The number of anilines is 2. The number of fused-ring (bicyclic) bond motifs is 1. The van der Waals surface area contributed by atoms with Crippen molar-refractivity contribution in [3.63, 3.8) is 0 Å². The van der Waals surface area contributed by atoms with Gasteiger partial charge in [-0.25, -0.2) is 4.39 Å². The summed E-state index contributed by atoms with van der Waals surface area (Å²) in [7, 11) is 0. The number of benzene rings is 3. The quantitative estimate of drug-likeness (QED) is 0.551. The number of ether oxygens (including phenoxy) is 1. The summed E-state index contributed by atoms with van der Waals surface area (Å²) in [5.41, 5.74) is 9.13. The van der Waals surface area contributed by atoms with Gasteiger partial charge in [0.25, 0.3) is 0 Å². The zero-order chi connectivity index (χ0) is 18.7. The summed E-state index contributed by atoms with van der Waals surface area (Å²) in [6, 6.07) is 11.2. The summed E-state index contributed by atoms with van der Waals surface area (Å²) in [6.07, 6.45) is 2.42. The average molecular weight is 382 g/mol. The summed E-state index contributed by atoms with van der Waals surface area (Å²) in [6.45, 7) is 2.02. The highest BCUT2D eigenvalue weighted by Gasteiger charge is 2.25. The molecule has 0 aliphatic carbocycles. The van der Waals surface area contributed by atoms with Crippen LogP contribution in [0.2, 0.25) is 5.02 Å². The molecule has 0 radical (unpaired) electrons. The molecule has 4 nitrogen and oxygen atoms in total. The van der Waals surface area contributed by atoms with Gasteiger partial charge >= 0.3 is 0 Å². The molecule has 3 aromatic rings. The van der Waals surface area contributed by atoms with E-state index >= 15 is 4.39 Å². The first-order valence-electron chi connectivity index (χ1n) is 8.76. The Morgan fingerprint density at radius 2 is 2.04 bits per heavy atom. The molecule has 2 heterocycles. The monoisotopic (exact) mass is 381 g/mol. The number of rotatable bonds is 2. The SMILES string of the molecule is CC1Cc2c(ccc(Oc3cc(Cl)c4cccc5c4c3C=C(N)N5)c2F)N1. The van der Waals surface area contributed by atoms with Gasteiger partial charge in [-0.2, -0.15) is 0 Å². The highest BCUT2D eigenvalue weighted by atomic mass is 35.5. The second-order valence-electron chi connectivity index (χ2n) is 6.98. The summed E-state index contributed by atoms with van der Waals surface area (Å²) in [4.78, 5) is 0. The van der Waals surface area contributed by atoms with Crippen LogP contribution in [0, 0.1) is 5.82 Å². The van der Waals surface area contributed by atoms with Crippen LogP contribution in [0.4, 0.5) is 15.8 Å². The van der Waals surface area contributed by atoms with E-state index < -0.39 is 0 Å². The molecular weight excluding hydrogens is 365 g/mol. The molecule has 27 heavy (non-hydrogen) atoms. The topological polar surface area (TPSA) is 59.3 Å². The highest BCUT2D eigenvalue weighted by molar-refractivity contribution is 6.36. The van der Waals surface area contributed by atoms with E-state index in [2.05, 4.69) is 10.6 Å². The molecule has 4 N–H and O–H groups in total. The van der Waals surface area contributed by atoms with Crippen molar-refractivity contribution in [2.45, 2.75) is 19.4 Å². The van der Waals surface area contributed by atoms with Crippen LogP contribution in [0.5, 0.6) is 11.5 Å². The third kappa shape index (κ3) is 2.50. The van der Waals surface area contributed by atoms with Gasteiger partial charge in [0.05, 0.1) is 5.02 Å². The Hall–Kier alpha value is -2.92. The van der Waals surface area contributed by atoms with Gasteiger partial charge in [-0.1, -0.05) is 23.7 Å². The fourth-order valence-electron chi connectivity index (χ4n) is 3.87. The summed E-state index contributed by atoms with van der Waals surface area (Å²) in [5.74, 6) is 0.808. The lowest BCUT2D eigenvalue weighted by Gasteiger charge is -2.21. The van der Waals surface area contributed by atoms with Gasteiger partial charge in [0.1, 0.15) is 11.6 Å². The van der Waals surface area contributed by atoms with Gasteiger partial charge in [-0.05, 0) is 37.6 Å². The molecule has 0 bridgehead atoms. The molecule has 5 rings (SSSR count). The summed E-state index contributed by atoms with van der Waals surface area (Å²) < 4.78 is 21.0. The van der Waals surface area contributed by atoms with E-state index in [0.29, 0.717) is 28.6 Å². The third-order valence-corrected chi connectivity index (χ3v) is 5.35. The Bertz CT molecular complexity index is 1140. The predicted molar refractivity (Wildman–Crippen MR) is 108 cm³/mol. The first-order valence-corrected chi connectivity index (χ1v) is 9.14. The van der Waals surface area contributed by atoms with Gasteiger partial charge in [0.15, 0.2) is 11.6 Å². The van der Waals surface area contributed by atoms with E-state index in [-0.39, 0.29) is 17.6 Å². The smallest absolute Gasteiger partial charge is 0.171 e. The maximum Gasteiger partial charge on any atom is 0.171 e. The molecule has 0 spiro atoms. The van der Waals surface area contributed by atoms with Gasteiger partial charge in [0.2, 0.25) is 0 Å². The van der Waals surface area contributed by atoms with Crippen LogP contribution in [0.1, 0.15) is 18.1 Å². The number of nitrogens with one attached hydrogen (secondary N) is 2. The molecule has 1 atom stereocenters. The molecule has 0 saturated carbocycles. The minimum Gasteiger partial charge on any atom is -0.454 e. The zero-order valence-electron chi connectivity index (χ0n) is 14.6. The minimum absolute atomic E-state index is 0.180. The molecule has 3 aromatic carbocycles. The first-order chi connectivity index (χ1) is 13.0. The van der Waals surface area contributed by atoms with Crippen molar-refractivity contribution in [2.75, 3.05) is 10.6 Å². The summed E-state index contributed by atoms with van der Waals surface area (Å²) in [5, 5.41) is 8.73. The Morgan fingerprint density at radius 1 is 1.19 bits per heavy atom. The largest absolute Gasteiger partial charge is 0.454 e. The first kappa shape index (κ1) is 16.3. The van der Waals surface area contributed by atoms with Crippen LogP contribution in [0.15, 0.2) is 42.2 Å². The van der Waals surface area contributed by atoms with E-state index in [4.69, 9.17) is 22.1 Å². The van der Waals surface area contributed by atoms with Crippen molar-refractivity contribution in [2.24, 2.45) is 5.73 Å². The van der Waals surface area contributed by atoms with E-state index in [1.807, 2.05) is 31.2 Å². The molecule has 136 valence electrons. The van der Waals surface area contributed by atoms with Crippen LogP contribution in [0.3, 0.4) is 0 Å². The Morgan fingerprint density at radius 3 is 2.89 bits per heavy atom. The fraction of sp³-hybridized carbons (Fsp3) is 0.143. The van der Waals surface area contributed by atoms with Crippen LogP contribution in [-0.4, -0.2) is 6.04 Å². The van der Waals surface area contributed by atoms with Crippen LogP contribution >= 0.6 is 11.6 Å². The van der Waals surface area contributed by atoms with Gasteiger partial charge in [0, 0.05) is 45.4 Å². The van der Waals surface area contributed by atoms with Crippen molar-refractivity contribution in [3.8, 4) is 11.5 Å². The molecule has 0 aromatic heterocycles. The third-order valence-electron chi connectivity index (χ3n) is 5.03. The predicted octanol–water partition coefficient (Wildman–Crippen LogP) is 5.46. The van der Waals surface area contributed by atoms with Gasteiger partial charge in [-0.3, -0.25) is 0 Å². The van der Waals surface area contributed by atoms with Crippen molar-refractivity contribution in [1.29, 1.82) is 0 Å². The van der Waals surface area contributed by atoms with Crippen molar-refractivity contribution < 1.29 is 9.13 Å². The van der Waals surface area contributed by atoms with Gasteiger partial charge < -0.3 is 21.1 Å². The molecule has 0 fully saturated rings. The van der Waals surface area contributed by atoms with Crippen molar-refractivity contribution in [1.82, 2.24) is 0 Å². The highest BCUT2D eigenvalue weighted by Crippen LogP contribution is 2.44. The van der Waals surface area contributed by atoms with Crippen LogP contribution in [0.25, 0.3) is 16.8 Å². The van der Waals surface area contributed by atoms with Crippen molar-refractivity contribution >= 4 is 39.8 Å². The lowest BCUT2D eigenvalue weighted by Crippen LogP contribution is -2.12. The number of halogens is 2. The molecule has 2 aliphatic heterocycles. The Kier molecular flexibility index (Phi) is 3.49.